The summed E-state index contributed by atoms with van der Waals surface area (Å²) in [7, 11) is 1.72. The number of alkyl carbamates (subject to hydrolysis) is 1. The summed E-state index contributed by atoms with van der Waals surface area (Å²) in [5.74, 6) is 1.29. The topological polar surface area (TPSA) is 95.1 Å². The molecule has 1 aliphatic rings. The molecule has 0 aromatic heterocycles. The Morgan fingerprint density at radius 3 is 2.48 bits per heavy atom. The van der Waals surface area contributed by atoms with E-state index in [0.29, 0.717) is 38.0 Å². The average Bonchev–Trinajstić information content (AvgIpc) is 3.14. The summed E-state index contributed by atoms with van der Waals surface area (Å²) in [6, 6.07) is 7.95. The molecular weight excluding hydrogens is 509 g/mol. The minimum Gasteiger partial charge on any atom is -0.450 e. The van der Waals surface area contributed by atoms with Crippen LogP contribution in [0.25, 0.3) is 0 Å². The Labute approximate surface area is 202 Å². The van der Waals surface area contributed by atoms with Crippen LogP contribution in [0.1, 0.15) is 45.6 Å². The van der Waals surface area contributed by atoms with Crippen LogP contribution in [0, 0.1) is 5.92 Å². The highest BCUT2D eigenvalue weighted by molar-refractivity contribution is 14.0. The van der Waals surface area contributed by atoms with E-state index in [1.807, 2.05) is 29.2 Å². The number of aliphatic imine (C=N–C) groups is 1. The summed E-state index contributed by atoms with van der Waals surface area (Å²) in [6.45, 7) is 8.32. The number of ether oxygens (including phenoxy) is 1. The third-order valence-corrected chi connectivity index (χ3v) is 4.87. The highest BCUT2D eigenvalue weighted by Gasteiger charge is 2.21. The zero-order valence-corrected chi connectivity index (χ0v) is 21.3. The van der Waals surface area contributed by atoms with Crippen molar-refractivity contribution in [3.8, 4) is 0 Å². The molecule has 1 atom stereocenters. The zero-order valence-electron chi connectivity index (χ0n) is 18.9. The first-order chi connectivity index (χ1) is 14.4. The summed E-state index contributed by atoms with van der Waals surface area (Å²) in [4.78, 5) is 29.7. The molecule has 174 valence electrons. The summed E-state index contributed by atoms with van der Waals surface area (Å²) >= 11 is 0. The van der Waals surface area contributed by atoms with Gasteiger partial charge in [0.15, 0.2) is 5.96 Å². The number of anilines is 1. The van der Waals surface area contributed by atoms with E-state index >= 15 is 0 Å². The van der Waals surface area contributed by atoms with Crippen LogP contribution in [0.2, 0.25) is 0 Å². The fraction of sp³-hybridized carbons (Fsp3) is 0.591. The first kappa shape index (κ1) is 27.0. The van der Waals surface area contributed by atoms with Crippen molar-refractivity contribution in [3.05, 3.63) is 29.8 Å². The Morgan fingerprint density at radius 2 is 1.94 bits per heavy atom. The smallest absolute Gasteiger partial charge is 0.407 e. The molecular formula is C22H36IN5O3. The number of nitrogens with one attached hydrogen (secondary N) is 3. The third kappa shape index (κ3) is 9.32. The van der Waals surface area contributed by atoms with Crippen LogP contribution in [-0.2, 0) is 16.1 Å². The second-order valence-corrected chi connectivity index (χ2v) is 7.81. The molecule has 3 N–H and O–H groups in total. The van der Waals surface area contributed by atoms with Gasteiger partial charge < -0.3 is 25.6 Å². The molecule has 1 heterocycles. The summed E-state index contributed by atoms with van der Waals surface area (Å²) in [5.41, 5.74) is 2.04. The average molecular weight is 545 g/mol. The van der Waals surface area contributed by atoms with E-state index in [-0.39, 0.29) is 35.9 Å². The molecule has 0 spiro atoms. The van der Waals surface area contributed by atoms with E-state index in [2.05, 4.69) is 34.8 Å². The number of rotatable bonds is 9. The van der Waals surface area contributed by atoms with Crippen LogP contribution in [0.4, 0.5) is 10.5 Å². The number of carbonyl (C=O) groups is 2. The monoisotopic (exact) mass is 545 g/mol. The highest BCUT2D eigenvalue weighted by Crippen LogP contribution is 2.21. The van der Waals surface area contributed by atoms with Crippen LogP contribution in [0.15, 0.2) is 29.3 Å². The number of hydrogen-bond acceptors (Lipinski definition) is 4. The summed E-state index contributed by atoms with van der Waals surface area (Å²) in [6.07, 6.45) is 1.99. The molecule has 1 aromatic rings. The Kier molecular flexibility index (Phi) is 12.3. The second-order valence-electron chi connectivity index (χ2n) is 7.81. The first-order valence-corrected chi connectivity index (χ1v) is 10.7. The van der Waals surface area contributed by atoms with Gasteiger partial charge in [-0.05, 0) is 43.4 Å². The molecule has 0 saturated carbocycles. The van der Waals surface area contributed by atoms with Crippen LogP contribution >= 0.6 is 24.0 Å². The maximum atomic E-state index is 11.9. The van der Waals surface area contributed by atoms with Crippen molar-refractivity contribution in [2.45, 2.75) is 52.6 Å². The van der Waals surface area contributed by atoms with Gasteiger partial charge in [0.25, 0.3) is 0 Å². The first-order valence-electron chi connectivity index (χ1n) is 10.7. The standard InChI is InChI=1S/C22H35N5O3.HI/c1-5-30-22(29)26-18(13-16(2)3)15-25-21(23-4)24-14-17-8-10-19(11-9-17)27-12-6-7-20(27)28;/h8-11,16,18H,5-7,12-15H2,1-4H3,(H,26,29)(H2,23,24,25);1H. The van der Waals surface area contributed by atoms with Gasteiger partial charge in [-0.1, -0.05) is 26.0 Å². The van der Waals surface area contributed by atoms with Crippen LogP contribution in [-0.4, -0.2) is 50.7 Å². The minimum absolute atomic E-state index is 0. The van der Waals surface area contributed by atoms with Crippen LogP contribution < -0.4 is 20.9 Å². The van der Waals surface area contributed by atoms with Crippen molar-refractivity contribution >= 4 is 47.6 Å². The van der Waals surface area contributed by atoms with Crippen molar-refractivity contribution in [2.24, 2.45) is 10.9 Å². The SMILES string of the molecule is CCOC(=O)NC(CNC(=NC)NCc1ccc(N2CCCC2=O)cc1)CC(C)C.I. The Balaban J connectivity index is 0.00000480. The third-order valence-electron chi connectivity index (χ3n) is 4.87. The maximum absolute atomic E-state index is 11.9. The van der Waals surface area contributed by atoms with Crippen LogP contribution in [0.3, 0.4) is 0 Å². The lowest BCUT2D eigenvalue weighted by Gasteiger charge is -2.22. The number of benzene rings is 1. The highest BCUT2D eigenvalue weighted by atomic mass is 127. The molecule has 1 aromatic carbocycles. The predicted octanol–water partition coefficient (Wildman–Crippen LogP) is 3.26. The van der Waals surface area contributed by atoms with E-state index in [1.54, 1.807) is 14.0 Å². The lowest BCUT2D eigenvalue weighted by molar-refractivity contribution is -0.117. The number of nitrogens with zero attached hydrogens (tertiary/aromatic N) is 2. The zero-order chi connectivity index (χ0) is 21.9. The molecule has 1 aliphatic heterocycles. The Hall–Kier alpha value is -2.04. The Bertz CT molecular complexity index is 724. The normalized spacial score (nSPS) is 14.8. The molecule has 0 bridgehead atoms. The van der Waals surface area contributed by atoms with Gasteiger partial charge in [-0.25, -0.2) is 4.79 Å². The van der Waals surface area contributed by atoms with Gasteiger partial charge in [-0.3, -0.25) is 9.79 Å². The molecule has 1 fully saturated rings. The number of carbonyl (C=O) groups excluding carboxylic acids is 2. The van der Waals surface area contributed by atoms with Crippen molar-refractivity contribution in [1.29, 1.82) is 0 Å². The lowest BCUT2D eigenvalue weighted by atomic mass is 10.0. The summed E-state index contributed by atoms with van der Waals surface area (Å²) in [5, 5.41) is 9.46. The van der Waals surface area contributed by atoms with Crippen molar-refractivity contribution in [3.63, 3.8) is 0 Å². The number of hydrogen-bond donors (Lipinski definition) is 3. The van der Waals surface area contributed by atoms with Crippen molar-refractivity contribution in [2.75, 3.05) is 31.6 Å². The Morgan fingerprint density at radius 1 is 1.23 bits per heavy atom. The fourth-order valence-electron chi connectivity index (χ4n) is 3.44. The van der Waals surface area contributed by atoms with Gasteiger partial charge in [0.05, 0.1) is 6.61 Å². The van der Waals surface area contributed by atoms with Crippen molar-refractivity contribution in [1.82, 2.24) is 16.0 Å². The fourth-order valence-corrected chi connectivity index (χ4v) is 3.44. The maximum Gasteiger partial charge on any atom is 0.407 e. The largest absolute Gasteiger partial charge is 0.450 e. The molecule has 8 nitrogen and oxygen atoms in total. The second kappa shape index (κ2) is 14.1. The van der Waals surface area contributed by atoms with E-state index in [9.17, 15) is 9.59 Å². The van der Waals surface area contributed by atoms with E-state index in [4.69, 9.17) is 4.74 Å². The van der Waals surface area contributed by atoms with Gasteiger partial charge in [-0.2, -0.15) is 0 Å². The van der Waals surface area contributed by atoms with Gasteiger partial charge in [-0.15, -0.1) is 24.0 Å². The molecule has 1 saturated heterocycles. The molecule has 31 heavy (non-hydrogen) atoms. The van der Waals surface area contributed by atoms with Crippen LogP contribution in [0.5, 0.6) is 0 Å². The molecule has 2 amide bonds. The molecule has 9 heteroatoms. The lowest BCUT2D eigenvalue weighted by Crippen LogP contribution is -2.47. The number of amides is 2. The number of halogens is 1. The van der Waals surface area contributed by atoms with Gasteiger partial charge >= 0.3 is 6.09 Å². The quantitative estimate of drug-likeness (QED) is 0.252. The molecule has 1 unspecified atom stereocenters. The number of guanidine groups is 1. The molecule has 0 aliphatic carbocycles. The van der Waals surface area contributed by atoms with Gasteiger partial charge in [0.2, 0.25) is 5.91 Å². The van der Waals surface area contributed by atoms with E-state index in [0.717, 1.165) is 30.6 Å². The molecule has 2 rings (SSSR count). The van der Waals surface area contributed by atoms with Gasteiger partial charge in [0.1, 0.15) is 0 Å². The van der Waals surface area contributed by atoms with Gasteiger partial charge in [0, 0.05) is 44.8 Å². The minimum atomic E-state index is -0.399. The van der Waals surface area contributed by atoms with E-state index < -0.39 is 6.09 Å². The predicted molar refractivity (Wildman–Crippen MR) is 135 cm³/mol. The van der Waals surface area contributed by atoms with Crippen molar-refractivity contribution < 1.29 is 14.3 Å². The molecule has 0 radical (unpaired) electrons. The summed E-state index contributed by atoms with van der Waals surface area (Å²) < 4.78 is 5.00. The van der Waals surface area contributed by atoms with E-state index in [1.165, 1.54) is 0 Å².